The number of hydrogen-bond acceptors (Lipinski definition) is 1. The molecule has 0 aromatic rings. The van der Waals surface area contributed by atoms with E-state index in [4.69, 9.17) is 27.3 Å². The molecule has 0 heterocycles. The normalized spacial score (nSPS) is 20.8. The highest BCUT2D eigenvalue weighted by Crippen LogP contribution is 2.31. The summed E-state index contributed by atoms with van der Waals surface area (Å²) < 4.78 is 6.34. The molecule has 0 aliphatic rings. The lowest BCUT2D eigenvalue weighted by molar-refractivity contribution is 0.522. The standard InChI is InChI=1S/C10H24Cl2OSi2/c1-7-9(11)15(6,10(12)8-2)13-14(3,4)5/h9-10H,7-8H2,1-6H3. The van der Waals surface area contributed by atoms with Crippen LogP contribution in [0.5, 0.6) is 0 Å². The molecule has 0 spiro atoms. The van der Waals surface area contributed by atoms with Crippen LogP contribution in [0.4, 0.5) is 0 Å². The van der Waals surface area contributed by atoms with Crippen molar-refractivity contribution in [3.05, 3.63) is 0 Å². The number of halogens is 2. The van der Waals surface area contributed by atoms with Crippen LogP contribution in [-0.2, 0) is 4.12 Å². The topological polar surface area (TPSA) is 9.23 Å². The van der Waals surface area contributed by atoms with Crippen LogP contribution >= 0.6 is 23.2 Å². The maximum Gasteiger partial charge on any atom is 0.212 e. The zero-order valence-corrected chi connectivity index (χ0v) is 14.2. The van der Waals surface area contributed by atoms with Gasteiger partial charge in [-0.05, 0) is 39.0 Å². The highest BCUT2D eigenvalue weighted by molar-refractivity contribution is 6.93. The molecule has 0 radical (unpaired) electrons. The Morgan fingerprint density at radius 2 is 1.27 bits per heavy atom. The first kappa shape index (κ1) is 16.0. The molecule has 0 N–H and O–H groups in total. The molecule has 2 unspecified atom stereocenters. The van der Waals surface area contributed by atoms with Gasteiger partial charge in [-0.2, -0.15) is 0 Å². The number of rotatable bonds is 6. The van der Waals surface area contributed by atoms with Gasteiger partial charge in [-0.1, -0.05) is 13.8 Å². The molecule has 15 heavy (non-hydrogen) atoms. The third kappa shape index (κ3) is 4.78. The Morgan fingerprint density at radius 3 is 1.47 bits per heavy atom. The molecular formula is C10H24Cl2OSi2. The van der Waals surface area contributed by atoms with Crippen molar-refractivity contribution in [1.82, 2.24) is 0 Å². The summed E-state index contributed by atoms with van der Waals surface area (Å²) in [6.07, 6.45) is 1.88. The molecule has 0 saturated heterocycles. The van der Waals surface area contributed by atoms with Crippen LogP contribution in [0, 0.1) is 0 Å². The lowest BCUT2D eigenvalue weighted by atomic mass is 10.6. The van der Waals surface area contributed by atoms with Crippen molar-refractivity contribution >= 4 is 39.8 Å². The minimum Gasteiger partial charge on any atom is -0.454 e. The van der Waals surface area contributed by atoms with E-state index in [-0.39, 0.29) is 10.0 Å². The molecule has 2 atom stereocenters. The summed E-state index contributed by atoms with van der Waals surface area (Å²) in [4.78, 5) is 0. The van der Waals surface area contributed by atoms with Gasteiger partial charge in [-0.25, -0.2) is 0 Å². The van der Waals surface area contributed by atoms with Gasteiger partial charge in [-0.3, -0.25) is 0 Å². The monoisotopic (exact) mass is 286 g/mol. The zero-order valence-electron chi connectivity index (χ0n) is 10.7. The Balaban J connectivity index is 4.86. The van der Waals surface area contributed by atoms with Crippen LogP contribution in [0.15, 0.2) is 0 Å². The second-order valence-electron chi connectivity index (χ2n) is 5.15. The summed E-state index contributed by atoms with van der Waals surface area (Å²) in [5.74, 6) is 0. The Kier molecular flexibility index (Phi) is 6.45. The molecule has 0 aromatic heterocycles. The van der Waals surface area contributed by atoms with Crippen molar-refractivity contribution < 1.29 is 4.12 Å². The van der Waals surface area contributed by atoms with E-state index in [9.17, 15) is 0 Å². The van der Waals surface area contributed by atoms with Crippen LogP contribution < -0.4 is 0 Å². The van der Waals surface area contributed by atoms with E-state index < -0.39 is 16.6 Å². The summed E-state index contributed by atoms with van der Waals surface area (Å²) in [5.41, 5.74) is 0. The second-order valence-corrected chi connectivity index (χ2v) is 15.7. The molecule has 0 aromatic carbocycles. The van der Waals surface area contributed by atoms with Gasteiger partial charge in [0.05, 0.1) is 10.0 Å². The SMILES string of the molecule is CCC(Cl)[Si](C)(O[Si](C)(C)C)C(Cl)CC. The molecule has 0 bridgehead atoms. The largest absolute Gasteiger partial charge is 0.454 e. The molecule has 0 rings (SSSR count). The quantitative estimate of drug-likeness (QED) is 0.515. The van der Waals surface area contributed by atoms with Gasteiger partial charge in [-0.15, -0.1) is 23.2 Å². The molecule has 5 heteroatoms. The average molecular weight is 287 g/mol. The minimum atomic E-state index is -2.00. The lowest BCUT2D eigenvalue weighted by Gasteiger charge is -2.40. The summed E-state index contributed by atoms with van der Waals surface area (Å²) in [6.45, 7) is 13.0. The lowest BCUT2D eigenvalue weighted by Crippen LogP contribution is -2.58. The highest BCUT2D eigenvalue weighted by Gasteiger charge is 2.45. The number of alkyl halides is 2. The van der Waals surface area contributed by atoms with E-state index in [0.717, 1.165) is 12.8 Å². The molecule has 0 fully saturated rings. The van der Waals surface area contributed by atoms with E-state index in [2.05, 4.69) is 40.0 Å². The first-order chi connectivity index (χ1) is 6.67. The van der Waals surface area contributed by atoms with Crippen LogP contribution in [-0.4, -0.2) is 26.6 Å². The van der Waals surface area contributed by atoms with Crippen molar-refractivity contribution in [3.63, 3.8) is 0 Å². The predicted molar refractivity (Wildman–Crippen MR) is 75.9 cm³/mol. The Bertz CT molecular complexity index is 184. The Hall–Kier alpha value is 0.974. The Labute approximate surface area is 107 Å². The zero-order chi connectivity index (χ0) is 12.3. The Morgan fingerprint density at radius 1 is 0.933 bits per heavy atom. The van der Waals surface area contributed by atoms with Crippen LogP contribution in [0.2, 0.25) is 26.2 Å². The molecule has 0 amide bonds. The molecule has 0 aliphatic heterocycles. The van der Waals surface area contributed by atoms with Crippen LogP contribution in [0.1, 0.15) is 26.7 Å². The van der Waals surface area contributed by atoms with Crippen molar-refractivity contribution in [2.75, 3.05) is 0 Å². The second kappa shape index (κ2) is 6.06. The fraction of sp³-hybridized carbons (Fsp3) is 1.00. The molecule has 0 aliphatic carbocycles. The van der Waals surface area contributed by atoms with E-state index >= 15 is 0 Å². The van der Waals surface area contributed by atoms with Crippen molar-refractivity contribution in [3.8, 4) is 0 Å². The van der Waals surface area contributed by atoms with E-state index in [1.165, 1.54) is 0 Å². The van der Waals surface area contributed by atoms with Crippen molar-refractivity contribution in [2.24, 2.45) is 0 Å². The first-order valence-corrected chi connectivity index (χ1v) is 12.5. The van der Waals surface area contributed by atoms with E-state index in [1.807, 2.05) is 0 Å². The summed E-state index contributed by atoms with van der Waals surface area (Å²) in [5, 5.41) is 0.235. The van der Waals surface area contributed by atoms with Gasteiger partial charge in [0.15, 0.2) is 8.32 Å². The molecular weight excluding hydrogens is 263 g/mol. The third-order valence-electron chi connectivity index (χ3n) is 2.49. The average Bonchev–Trinajstić information content (AvgIpc) is 2.12. The first-order valence-electron chi connectivity index (χ1n) is 5.65. The van der Waals surface area contributed by atoms with Gasteiger partial charge in [0.25, 0.3) is 0 Å². The summed E-state index contributed by atoms with van der Waals surface area (Å²) in [6, 6.07) is 0. The predicted octanol–water partition coefficient (Wildman–Crippen LogP) is 4.53. The molecule has 1 nitrogen and oxygen atoms in total. The fourth-order valence-electron chi connectivity index (χ4n) is 1.79. The van der Waals surface area contributed by atoms with Gasteiger partial charge in [0.1, 0.15) is 0 Å². The van der Waals surface area contributed by atoms with Crippen LogP contribution in [0.3, 0.4) is 0 Å². The van der Waals surface area contributed by atoms with E-state index in [0.29, 0.717) is 0 Å². The molecule has 0 saturated carbocycles. The maximum absolute atomic E-state index is 6.43. The van der Waals surface area contributed by atoms with E-state index in [1.54, 1.807) is 0 Å². The maximum atomic E-state index is 6.43. The smallest absolute Gasteiger partial charge is 0.212 e. The molecule has 92 valence electrons. The van der Waals surface area contributed by atoms with Crippen molar-refractivity contribution in [1.29, 1.82) is 0 Å². The van der Waals surface area contributed by atoms with Gasteiger partial charge in [0.2, 0.25) is 8.32 Å². The summed E-state index contributed by atoms with van der Waals surface area (Å²) >= 11 is 12.9. The minimum absolute atomic E-state index is 0.117. The highest BCUT2D eigenvalue weighted by atomic mass is 35.5. The fourth-order valence-corrected chi connectivity index (χ4v) is 12.0. The van der Waals surface area contributed by atoms with Crippen LogP contribution in [0.25, 0.3) is 0 Å². The third-order valence-corrected chi connectivity index (χ3v) is 13.2. The van der Waals surface area contributed by atoms with Gasteiger partial charge >= 0.3 is 0 Å². The van der Waals surface area contributed by atoms with Gasteiger partial charge in [0, 0.05) is 0 Å². The number of hydrogen-bond donors (Lipinski definition) is 0. The van der Waals surface area contributed by atoms with Gasteiger partial charge < -0.3 is 4.12 Å². The van der Waals surface area contributed by atoms with Crippen molar-refractivity contribution in [2.45, 2.75) is 62.9 Å². The summed E-state index contributed by atoms with van der Waals surface area (Å²) in [7, 11) is -3.56.